The average molecular weight is 222 g/mol. The van der Waals surface area contributed by atoms with Crippen molar-refractivity contribution in [1.29, 1.82) is 0 Å². The van der Waals surface area contributed by atoms with Crippen molar-refractivity contribution in [2.75, 3.05) is 12.9 Å². The second-order valence-electron chi connectivity index (χ2n) is 3.45. The van der Waals surface area contributed by atoms with E-state index in [-0.39, 0.29) is 6.42 Å². The highest BCUT2D eigenvalue weighted by Gasteiger charge is 2.49. The molecular formula is C8H14O5S. The molecule has 0 radical (unpaired) electrons. The topological polar surface area (TPSA) is 69.7 Å². The maximum Gasteiger partial charge on any atom is 0.308 e. The van der Waals surface area contributed by atoms with E-state index in [1.54, 1.807) is 6.92 Å². The van der Waals surface area contributed by atoms with Gasteiger partial charge in [-0.1, -0.05) is 0 Å². The van der Waals surface area contributed by atoms with Crippen LogP contribution in [-0.4, -0.2) is 32.9 Å². The molecule has 0 aromatic carbocycles. The van der Waals surface area contributed by atoms with Crippen LogP contribution in [0.1, 0.15) is 26.2 Å². The van der Waals surface area contributed by atoms with Crippen LogP contribution in [-0.2, 0) is 23.8 Å². The fourth-order valence-corrected chi connectivity index (χ4v) is 2.09. The van der Waals surface area contributed by atoms with Crippen LogP contribution in [0.4, 0.5) is 0 Å². The van der Waals surface area contributed by atoms with Crippen molar-refractivity contribution in [3.05, 3.63) is 0 Å². The fraction of sp³-hybridized carbons (Fsp3) is 0.875. The molecule has 0 atom stereocenters. The van der Waals surface area contributed by atoms with Crippen molar-refractivity contribution in [1.82, 2.24) is 0 Å². The molecule has 0 saturated heterocycles. The number of carbonyl (C=O) groups is 1. The van der Waals surface area contributed by atoms with Crippen LogP contribution in [0.5, 0.6) is 0 Å². The molecule has 0 aromatic heterocycles. The van der Waals surface area contributed by atoms with Gasteiger partial charge in [-0.15, -0.1) is 0 Å². The zero-order valence-electron chi connectivity index (χ0n) is 8.28. The van der Waals surface area contributed by atoms with Gasteiger partial charge >= 0.3 is 5.97 Å². The summed E-state index contributed by atoms with van der Waals surface area (Å²) in [4.78, 5) is 11.1. The smallest absolute Gasteiger partial charge is 0.308 e. The predicted molar refractivity (Wildman–Crippen MR) is 49.1 cm³/mol. The van der Waals surface area contributed by atoms with E-state index < -0.39 is 21.7 Å². The van der Waals surface area contributed by atoms with Crippen molar-refractivity contribution in [3.63, 3.8) is 0 Å². The lowest BCUT2D eigenvalue weighted by Gasteiger charge is -2.12. The molecular weight excluding hydrogens is 208 g/mol. The van der Waals surface area contributed by atoms with E-state index in [9.17, 15) is 13.2 Å². The van der Waals surface area contributed by atoms with Gasteiger partial charge in [0.15, 0.2) is 0 Å². The Kier molecular flexibility index (Phi) is 3.16. The lowest BCUT2D eigenvalue weighted by molar-refractivity contribution is -0.145. The van der Waals surface area contributed by atoms with Gasteiger partial charge in [0.1, 0.15) is 0 Å². The van der Waals surface area contributed by atoms with Crippen molar-refractivity contribution >= 4 is 16.1 Å². The Hall–Kier alpha value is -0.620. The molecule has 0 unspecified atom stereocenters. The van der Waals surface area contributed by atoms with Crippen LogP contribution in [0.3, 0.4) is 0 Å². The van der Waals surface area contributed by atoms with E-state index in [4.69, 9.17) is 8.92 Å². The van der Waals surface area contributed by atoms with Crippen molar-refractivity contribution in [2.24, 2.45) is 0 Å². The minimum atomic E-state index is -3.49. The van der Waals surface area contributed by atoms with Crippen LogP contribution < -0.4 is 0 Å². The molecule has 0 spiro atoms. The first kappa shape index (κ1) is 11.5. The lowest BCUT2D eigenvalue weighted by atomic mass is 10.2. The van der Waals surface area contributed by atoms with E-state index >= 15 is 0 Å². The van der Waals surface area contributed by atoms with Gasteiger partial charge in [0.05, 0.1) is 24.9 Å². The van der Waals surface area contributed by atoms with Crippen LogP contribution >= 0.6 is 0 Å². The van der Waals surface area contributed by atoms with E-state index in [0.717, 1.165) is 6.26 Å². The molecule has 0 amide bonds. The zero-order valence-corrected chi connectivity index (χ0v) is 9.09. The first-order valence-electron chi connectivity index (χ1n) is 4.43. The van der Waals surface area contributed by atoms with E-state index in [2.05, 4.69) is 0 Å². The molecule has 6 heteroatoms. The summed E-state index contributed by atoms with van der Waals surface area (Å²) in [6.07, 6.45) is 2.20. The second-order valence-corrected chi connectivity index (χ2v) is 5.03. The Balaban J connectivity index is 2.48. The Morgan fingerprint density at radius 3 is 2.36 bits per heavy atom. The van der Waals surface area contributed by atoms with Crippen molar-refractivity contribution in [3.8, 4) is 0 Å². The molecule has 14 heavy (non-hydrogen) atoms. The second kappa shape index (κ2) is 3.86. The zero-order chi connectivity index (χ0) is 10.8. The van der Waals surface area contributed by atoms with Crippen LogP contribution in [0.15, 0.2) is 0 Å². The third-order valence-electron chi connectivity index (χ3n) is 1.91. The van der Waals surface area contributed by atoms with Gasteiger partial charge in [0, 0.05) is 0 Å². The van der Waals surface area contributed by atoms with Gasteiger partial charge < -0.3 is 4.74 Å². The minimum absolute atomic E-state index is 0.0217. The number of hydrogen-bond acceptors (Lipinski definition) is 5. The molecule has 0 heterocycles. The molecule has 0 aliphatic heterocycles. The summed E-state index contributed by atoms with van der Waals surface area (Å²) in [5.41, 5.74) is -0.806. The van der Waals surface area contributed by atoms with E-state index in [1.165, 1.54) is 0 Å². The standard InChI is InChI=1S/C8H14O5S/c1-3-12-7(9)6-8(4-5-8)13-14(2,10)11/h3-6H2,1-2H3. The highest BCUT2D eigenvalue weighted by Crippen LogP contribution is 2.44. The summed E-state index contributed by atoms with van der Waals surface area (Å²) in [6, 6.07) is 0. The molecule has 1 saturated carbocycles. The fourth-order valence-electron chi connectivity index (χ4n) is 1.23. The number of rotatable bonds is 5. The summed E-state index contributed by atoms with van der Waals surface area (Å²) in [5.74, 6) is -0.409. The molecule has 1 aliphatic rings. The Morgan fingerprint density at radius 1 is 1.43 bits per heavy atom. The highest BCUT2D eigenvalue weighted by atomic mass is 32.2. The third-order valence-corrected chi connectivity index (χ3v) is 2.56. The molecule has 0 aromatic rings. The van der Waals surface area contributed by atoms with E-state index in [1.807, 2.05) is 0 Å². The van der Waals surface area contributed by atoms with Crippen LogP contribution in [0, 0.1) is 0 Å². The van der Waals surface area contributed by atoms with Gasteiger partial charge in [-0.2, -0.15) is 8.42 Å². The molecule has 0 N–H and O–H groups in total. The Labute approximate surface area is 83.5 Å². The van der Waals surface area contributed by atoms with Crippen molar-refractivity contribution in [2.45, 2.75) is 31.8 Å². The van der Waals surface area contributed by atoms with Gasteiger partial charge in [-0.3, -0.25) is 8.98 Å². The van der Waals surface area contributed by atoms with Crippen LogP contribution in [0.2, 0.25) is 0 Å². The lowest BCUT2D eigenvalue weighted by Crippen LogP contribution is -2.23. The third kappa shape index (κ3) is 3.63. The van der Waals surface area contributed by atoms with Gasteiger partial charge in [0.25, 0.3) is 10.1 Å². The van der Waals surface area contributed by atoms with Gasteiger partial charge in [-0.25, -0.2) is 0 Å². The molecule has 0 bridgehead atoms. The largest absolute Gasteiger partial charge is 0.466 e. The number of esters is 1. The maximum atomic E-state index is 11.1. The summed E-state index contributed by atoms with van der Waals surface area (Å²) < 4.78 is 31.2. The van der Waals surface area contributed by atoms with E-state index in [0.29, 0.717) is 19.4 Å². The summed E-state index contributed by atoms with van der Waals surface area (Å²) in [6.45, 7) is 2.00. The first-order valence-corrected chi connectivity index (χ1v) is 6.25. The molecule has 1 rings (SSSR count). The van der Waals surface area contributed by atoms with Crippen molar-refractivity contribution < 1.29 is 22.1 Å². The van der Waals surface area contributed by atoms with Gasteiger partial charge in [-0.05, 0) is 19.8 Å². The summed E-state index contributed by atoms with van der Waals surface area (Å²) in [7, 11) is -3.49. The van der Waals surface area contributed by atoms with Crippen LogP contribution in [0.25, 0.3) is 0 Å². The highest BCUT2D eigenvalue weighted by molar-refractivity contribution is 7.86. The Bertz CT molecular complexity index is 315. The summed E-state index contributed by atoms with van der Waals surface area (Å²) in [5, 5.41) is 0. The normalized spacial score (nSPS) is 19.0. The summed E-state index contributed by atoms with van der Waals surface area (Å²) >= 11 is 0. The quantitative estimate of drug-likeness (QED) is 0.499. The molecule has 82 valence electrons. The molecule has 1 fully saturated rings. The number of ether oxygens (including phenoxy) is 1. The first-order chi connectivity index (χ1) is 6.37. The number of carbonyl (C=O) groups excluding carboxylic acids is 1. The Morgan fingerprint density at radius 2 is 2.00 bits per heavy atom. The minimum Gasteiger partial charge on any atom is -0.466 e. The monoisotopic (exact) mass is 222 g/mol. The van der Waals surface area contributed by atoms with Gasteiger partial charge in [0.2, 0.25) is 0 Å². The molecule has 1 aliphatic carbocycles. The SMILES string of the molecule is CCOC(=O)CC1(OS(C)(=O)=O)CC1. The molecule has 5 nitrogen and oxygen atoms in total. The maximum absolute atomic E-state index is 11.1. The average Bonchev–Trinajstić information content (AvgIpc) is 2.64. The predicted octanol–water partition coefficient (Wildman–Crippen LogP) is 0.448. The number of hydrogen-bond donors (Lipinski definition) is 0.